The standard InChI is InChI=1S/C31H40N2O13/c1-6-30(46-21(5)35)24(45-26(37)25(30)36)19-44-31(27(38)41-7-2,28(39)42-8-3)18-22-10-12-23(13-11-22)33-15-9-14-32(29(33)40)16-17-43-20(4)34/h1,10-13,24-26,36-37H,7-9,14-19H2,2-5H3/t24-,25+,26?,30-/m1/s1. The number of esters is 4. The van der Waals surface area contributed by atoms with Gasteiger partial charge in [0.25, 0.3) is 5.60 Å². The molecule has 0 saturated carbocycles. The quantitative estimate of drug-likeness (QED) is 0.122. The van der Waals surface area contributed by atoms with Gasteiger partial charge in [0.15, 0.2) is 12.4 Å². The average molecular weight is 649 g/mol. The van der Waals surface area contributed by atoms with E-state index in [2.05, 4.69) is 5.92 Å². The van der Waals surface area contributed by atoms with Crippen LogP contribution in [0.2, 0.25) is 0 Å². The maximum Gasteiger partial charge on any atom is 0.350 e. The van der Waals surface area contributed by atoms with Crippen LogP contribution in [0, 0.1) is 12.3 Å². The molecule has 1 aromatic carbocycles. The summed E-state index contributed by atoms with van der Waals surface area (Å²) in [5, 5.41) is 20.7. The number of amides is 2. The zero-order valence-corrected chi connectivity index (χ0v) is 26.3. The summed E-state index contributed by atoms with van der Waals surface area (Å²) in [7, 11) is 0. The first-order chi connectivity index (χ1) is 21.8. The van der Waals surface area contributed by atoms with E-state index in [-0.39, 0.29) is 32.4 Å². The van der Waals surface area contributed by atoms with Crippen LogP contribution < -0.4 is 4.90 Å². The van der Waals surface area contributed by atoms with Gasteiger partial charge < -0.3 is 43.5 Å². The molecule has 1 aromatic rings. The fourth-order valence-electron chi connectivity index (χ4n) is 5.20. The molecule has 2 aliphatic rings. The summed E-state index contributed by atoms with van der Waals surface area (Å²) < 4.78 is 31.8. The highest BCUT2D eigenvalue weighted by atomic mass is 16.7. The topological polar surface area (TPSA) is 188 Å². The minimum atomic E-state index is -2.42. The lowest BCUT2D eigenvalue weighted by Gasteiger charge is -2.35. The summed E-state index contributed by atoms with van der Waals surface area (Å²) in [5.74, 6) is -1.36. The predicted molar refractivity (Wildman–Crippen MR) is 158 cm³/mol. The molecule has 4 atom stereocenters. The van der Waals surface area contributed by atoms with Gasteiger partial charge in [-0.2, -0.15) is 0 Å². The number of urea groups is 1. The Morgan fingerprint density at radius 2 is 1.65 bits per heavy atom. The molecule has 2 heterocycles. The Labute approximate surface area is 266 Å². The van der Waals surface area contributed by atoms with Gasteiger partial charge in [0.05, 0.1) is 26.4 Å². The third-order valence-electron chi connectivity index (χ3n) is 7.40. The van der Waals surface area contributed by atoms with Crippen molar-refractivity contribution in [3.8, 4) is 12.3 Å². The molecule has 15 nitrogen and oxygen atoms in total. The molecule has 2 fully saturated rings. The third kappa shape index (κ3) is 7.94. The van der Waals surface area contributed by atoms with Crippen LogP contribution >= 0.6 is 0 Å². The Balaban J connectivity index is 1.90. The van der Waals surface area contributed by atoms with Crippen molar-refractivity contribution in [2.75, 3.05) is 51.0 Å². The van der Waals surface area contributed by atoms with E-state index in [0.29, 0.717) is 30.8 Å². The number of hydrogen-bond acceptors (Lipinski definition) is 13. The summed E-state index contributed by atoms with van der Waals surface area (Å²) >= 11 is 0. The minimum Gasteiger partial charge on any atom is -0.464 e. The van der Waals surface area contributed by atoms with E-state index in [4.69, 9.17) is 34.8 Å². The lowest BCUT2D eigenvalue weighted by Crippen LogP contribution is -2.57. The number of rotatable bonds is 14. The molecule has 0 bridgehead atoms. The van der Waals surface area contributed by atoms with Crippen LogP contribution in [0.25, 0.3) is 0 Å². The van der Waals surface area contributed by atoms with Gasteiger partial charge in [-0.05, 0) is 38.0 Å². The first kappa shape index (κ1) is 36.2. The summed E-state index contributed by atoms with van der Waals surface area (Å²) in [4.78, 5) is 66.1. The smallest absolute Gasteiger partial charge is 0.350 e. The summed E-state index contributed by atoms with van der Waals surface area (Å²) in [6.45, 7) is 5.71. The van der Waals surface area contributed by atoms with E-state index in [1.807, 2.05) is 0 Å². The second-order valence-electron chi connectivity index (χ2n) is 10.5. The van der Waals surface area contributed by atoms with E-state index in [9.17, 15) is 34.2 Å². The van der Waals surface area contributed by atoms with Crippen LogP contribution in [0.5, 0.6) is 0 Å². The van der Waals surface area contributed by atoms with Crippen molar-refractivity contribution >= 4 is 35.6 Å². The molecule has 2 saturated heterocycles. The summed E-state index contributed by atoms with van der Waals surface area (Å²) in [5.41, 5.74) is -3.65. The van der Waals surface area contributed by atoms with Gasteiger partial charge >= 0.3 is 29.9 Å². The second kappa shape index (κ2) is 15.9. The molecule has 252 valence electrons. The number of carbonyl (C=O) groups excluding carboxylic acids is 5. The first-order valence-corrected chi connectivity index (χ1v) is 14.8. The predicted octanol–water partition coefficient (Wildman–Crippen LogP) is 0.319. The Morgan fingerprint density at radius 1 is 1.02 bits per heavy atom. The first-order valence-electron chi connectivity index (χ1n) is 14.8. The van der Waals surface area contributed by atoms with Crippen molar-refractivity contribution in [1.29, 1.82) is 0 Å². The summed E-state index contributed by atoms with van der Waals surface area (Å²) in [6.07, 6.45) is 0.634. The van der Waals surface area contributed by atoms with E-state index < -0.39 is 66.6 Å². The van der Waals surface area contributed by atoms with Crippen LogP contribution in [0.4, 0.5) is 10.5 Å². The SMILES string of the molecule is C#C[C@@]1(OC(C)=O)[C@@H](COC(Cc2ccc(N3CCCN(CCOC(C)=O)C3=O)cc2)(C(=O)OCC)C(=O)OCC)OC(O)[C@@H]1O. The van der Waals surface area contributed by atoms with Crippen molar-refractivity contribution < 1.29 is 62.6 Å². The van der Waals surface area contributed by atoms with Crippen LogP contribution in [-0.2, 0) is 54.0 Å². The van der Waals surface area contributed by atoms with Crippen LogP contribution in [-0.4, -0.2) is 121 Å². The molecule has 3 rings (SSSR count). The number of terminal acetylenes is 1. The molecular formula is C31H40N2O13. The van der Waals surface area contributed by atoms with Gasteiger partial charge in [0.2, 0.25) is 5.60 Å². The molecule has 0 spiro atoms. The molecular weight excluding hydrogens is 608 g/mol. The Morgan fingerprint density at radius 3 is 2.20 bits per heavy atom. The normalized spacial score (nSPS) is 23.0. The highest BCUT2D eigenvalue weighted by Crippen LogP contribution is 2.35. The number of aliphatic hydroxyl groups is 2. The van der Waals surface area contributed by atoms with Crippen molar-refractivity contribution in [3.05, 3.63) is 29.8 Å². The van der Waals surface area contributed by atoms with E-state index in [1.54, 1.807) is 34.1 Å². The highest BCUT2D eigenvalue weighted by Gasteiger charge is 2.60. The largest absolute Gasteiger partial charge is 0.464 e. The fourth-order valence-corrected chi connectivity index (χ4v) is 5.20. The monoisotopic (exact) mass is 648 g/mol. The van der Waals surface area contributed by atoms with Gasteiger partial charge in [-0.25, -0.2) is 14.4 Å². The molecule has 0 aromatic heterocycles. The number of nitrogens with zero attached hydrogens (tertiary/aromatic N) is 2. The molecule has 2 aliphatic heterocycles. The van der Waals surface area contributed by atoms with Crippen LogP contribution in [0.15, 0.2) is 24.3 Å². The van der Waals surface area contributed by atoms with Gasteiger partial charge in [-0.15, -0.1) is 6.42 Å². The fraction of sp³-hybridized carbons (Fsp3) is 0.581. The van der Waals surface area contributed by atoms with Gasteiger partial charge in [-0.1, -0.05) is 18.1 Å². The van der Waals surface area contributed by atoms with E-state index in [1.165, 1.54) is 20.8 Å². The number of anilines is 1. The van der Waals surface area contributed by atoms with Crippen molar-refractivity contribution in [2.24, 2.45) is 0 Å². The molecule has 0 aliphatic carbocycles. The van der Waals surface area contributed by atoms with Crippen molar-refractivity contribution in [1.82, 2.24) is 4.90 Å². The zero-order chi connectivity index (χ0) is 34.1. The number of aliphatic hydroxyl groups excluding tert-OH is 2. The number of carbonyl (C=O) groups is 5. The number of ether oxygens (including phenoxy) is 6. The van der Waals surface area contributed by atoms with Gasteiger partial charge in [0, 0.05) is 39.0 Å². The molecule has 1 unspecified atom stereocenters. The maximum atomic E-state index is 13.4. The highest BCUT2D eigenvalue weighted by molar-refractivity contribution is 6.04. The van der Waals surface area contributed by atoms with Crippen LogP contribution in [0.1, 0.15) is 39.7 Å². The minimum absolute atomic E-state index is 0.0742. The number of hydrogen-bond donors (Lipinski definition) is 2. The van der Waals surface area contributed by atoms with Gasteiger partial charge in [0.1, 0.15) is 12.7 Å². The molecule has 15 heteroatoms. The van der Waals surface area contributed by atoms with E-state index in [0.717, 1.165) is 6.92 Å². The number of benzene rings is 1. The lowest BCUT2D eigenvalue weighted by atomic mass is 9.91. The molecule has 2 amide bonds. The molecule has 46 heavy (non-hydrogen) atoms. The third-order valence-corrected chi connectivity index (χ3v) is 7.40. The lowest BCUT2D eigenvalue weighted by molar-refractivity contribution is -0.202. The Kier molecular flexibility index (Phi) is 12.5. The molecule has 0 radical (unpaired) electrons. The second-order valence-corrected chi connectivity index (χ2v) is 10.5. The van der Waals surface area contributed by atoms with Crippen LogP contribution in [0.3, 0.4) is 0 Å². The van der Waals surface area contributed by atoms with Crippen molar-refractivity contribution in [3.63, 3.8) is 0 Å². The maximum absolute atomic E-state index is 13.4. The van der Waals surface area contributed by atoms with E-state index >= 15 is 0 Å². The molecule has 2 N–H and O–H groups in total. The summed E-state index contributed by atoms with van der Waals surface area (Å²) in [6, 6.07) is 6.21. The zero-order valence-electron chi connectivity index (χ0n) is 26.3. The van der Waals surface area contributed by atoms with Gasteiger partial charge in [-0.3, -0.25) is 14.5 Å². The Hall–Kier alpha value is -4.23. The van der Waals surface area contributed by atoms with Crippen molar-refractivity contribution in [2.45, 2.75) is 70.2 Å². The average Bonchev–Trinajstić information content (AvgIpc) is 3.24. The Bertz CT molecular complexity index is 1290.